The zero-order valence-corrected chi connectivity index (χ0v) is 10.3. The number of aryl methyl sites for hydroxylation is 1. The summed E-state index contributed by atoms with van der Waals surface area (Å²) in [4.78, 5) is 4.41. The predicted molar refractivity (Wildman–Crippen MR) is 66.2 cm³/mol. The smallest absolute Gasteiger partial charge is 0.199 e. The average Bonchev–Trinajstić information content (AvgIpc) is 2.56. The summed E-state index contributed by atoms with van der Waals surface area (Å²) in [5.41, 5.74) is 2.52. The van der Waals surface area contributed by atoms with Crippen LogP contribution in [0.15, 0.2) is 24.5 Å². The van der Waals surface area contributed by atoms with E-state index in [9.17, 15) is 5.11 Å². The Bertz CT molecular complexity index is 559. The van der Waals surface area contributed by atoms with Crippen LogP contribution in [-0.2, 0) is 0 Å². The Morgan fingerprint density at radius 1 is 1.50 bits per heavy atom. The van der Waals surface area contributed by atoms with Crippen molar-refractivity contribution in [2.75, 3.05) is 14.1 Å². The van der Waals surface area contributed by atoms with Crippen LogP contribution in [0.25, 0.3) is 5.65 Å². The number of quaternary nitrogens is 1. The summed E-state index contributed by atoms with van der Waals surface area (Å²) in [7, 11) is 3.54. The number of aromatic nitrogens is 2. The highest BCUT2D eigenvalue weighted by Crippen LogP contribution is 2.24. The van der Waals surface area contributed by atoms with Gasteiger partial charge in [-0.2, -0.15) is 0 Å². The van der Waals surface area contributed by atoms with Crippen LogP contribution >= 0.6 is 12.2 Å². The van der Waals surface area contributed by atoms with Crippen molar-refractivity contribution in [3.8, 4) is 0 Å². The molecule has 2 rings (SSSR count). The van der Waals surface area contributed by atoms with E-state index in [0.29, 0.717) is 0 Å². The van der Waals surface area contributed by atoms with Gasteiger partial charge in [-0.3, -0.25) is 4.48 Å². The first-order chi connectivity index (χ1) is 7.43. The minimum Gasteiger partial charge on any atom is -0.822 e. The van der Waals surface area contributed by atoms with E-state index in [1.165, 1.54) is 0 Å². The molecule has 0 aliphatic heterocycles. The monoisotopic (exact) mass is 235 g/mol. The molecule has 0 saturated heterocycles. The van der Waals surface area contributed by atoms with Crippen LogP contribution in [0.3, 0.4) is 0 Å². The molecule has 4 nitrogen and oxygen atoms in total. The van der Waals surface area contributed by atoms with Gasteiger partial charge in [-0.1, -0.05) is 0 Å². The maximum Gasteiger partial charge on any atom is 0.199 e. The van der Waals surface area contributed by atoms with Gasteiger partial charge < -0.3 is 9.51 Å². The Balaban J connectivity index is 2.73. The van der Waals surface area contributed by atoms with Crippen LogP contribution in [0.1, 0.15) is 5.69 Å². The third-order valence-electron chi connectivity index (χ3n) is 2.64. The standard InChI is InChI=1S/C11H13N3OS/c1-8-7-13-6-4-5-9(10(13)12-8)14(2,3)11(15)16/h4-7H,1-3H3. The summed E-state index contributed by atoms with van der Waals surface area (Å²) < 4.78 is 1.93. The molecule has 2 aromatic heterocycles. The lowest BCUT2D eigenvalue weighted by atomic mass is 10.3. The number of thiocarbonyl (C=S) groups is 1. The van der Waals surface area contributed by atoms with Gasteiger partial charge in [0.05, 0.1) is 19.8 Å². The molecular formula is C11H13N3OS. The zero-order valence-electron chi connectivity index (χ0n) is 9.47. The Hall–Kier alpha value is -1.46. The van der Waals surface area contributed by atoms with Crippen molar-refractivity contribution in [2.45, 2.75) is 6.92 Å². The number of fused-ring (bicyclic) bond motifs is 1. The fourth-order valence-electron chi connectivity index (χ4n) is 1.66. The molecule has 0 spiro atoms. The maximum atomic E-state index is 11.5. The molecule has 0 saturated carbocycles. The fourth-order valence-corrected chi connectivity index (χ4v) is 1.75. The zero-order chi connectivity index (χ0) is 11.9. The van der Waals surface area contributed by atoms with Crippen molar-refractivity contribution < 1.29 is 5.11 Å². The van der Waals surface area contributed by atoms with Crippen molar-refractivity contribution in [1.29, 1.82) is 0 Å². The summed E-state index contributed by atoms with van der Waals surface area (Å²) >= 11 is 4.76. The lowest BCUT2D eigenvalue weighted by molar-refractivity contribution is -0.224. The molecule has 2 heterocycles. The second-order valence-electron chi connectivity index (χ2n) is 4.23. The van der Waals surface area contributed by atoms with Crippen LogP contribution in [0.5, 0.6) is 0 Å². The summed E-state index contributed by atoms with van der Waals surface area (Å²) in [5, 5.41) is 11.1. The molecule has 0 aliphatic rings. The van der Waals surface area contributed by atoms with Gasteiger partial charge in [-0.25, -0.2) is 4.98 Å². The first-order valence-corrected chi connectivity index (χ1v) is 5.34. The third kappa shape index (κ3) is 1.58. The van der Waals surface area contributed by atoms with Crippen molar-refractivity contribution in [3.05, 3.63) is 30.2 Å². The molecule has 0 radical (unpaired) electrons. The van der Waals surface area contributed by atoms with Gasteiger partial charge in [0.25, 0.3) is 0 Å². The largest absolute Gasteiger partial charge is 0.822 e. The lowest BCUT2D eigenvalue weighted by Gasteiger charge is -2.31. The van der Waals surface area contributed by atoms with E-state index in [1.807, 2.05) is 35.9 Å². The molecule has 5 heteroatoms. The summed E-state index contributed by atoms with van der Waals surface area (Å²) in [6.45, 7) is 1.92. The molecular weight excluding hydrogens is 222 g/mol. The van der Waals surface area contributed by atoms with Gasteiger partial charge in [0, 0.05) is 18.5 Å². The van der Waals surface area contributed by atoms with Gasteiger partial charge in [0.15, 0.2) is 11.3 Å². The molecule has 0 aromatic carbocycles. The van der Waals surface area contributed by atoms with Crippen LogP contribution in [0.2, 0.25) is 0 Å². The molecule has 0 fully saturated rings. The van der Waals surface area contributed by atoms with Crippen LogP contribution < -0.4 is 9.59 Å². The van der Waals surface area contributed by atoms with Crippen molar-refractivity contribution in [2.24, 2.45) is 0 Å². The number of pyridine rings is 1. The first-order valence-electron chi connectivity index (χ1n) is 4.93. The quantitative estimate of drug-likeness (QED) is 0.543. The van der Waals surface area contributed by atoms with Gasteiger partial charge in [-0.05, 0) is 25.2 Å². The van der Waals surface area contributed by atoms with Crippen molar-refractivity contribution in [1.82, 2.24) is 13.9 Å². The van der Waals surface area contributed by atoms with Crippen molar-refractivity contribution >= 4 is 28.7 Å². The molecule has 0 amide bonds. The number of hydrogen-bond acceptors (Lipinski definition) is 3. The molecule has 0 N–H and O–H groups in total. The molecule has 84 valence electrons. The summed E-state index contributed by atoms with van der Waals surface area (Å²) in [5.74, 6) is 0. The molecule has 0 aliphatic carbocycles. The summed E-state index contributed by atoms with van der Waals surface area (Å²) in [6, 6.07) is 3.77. The summed E-state index contributed by atoms with van der Waals surface area (Å²) in [6.07, 6.45) is 3.83. The second kappa shape index (κ2) is 3.54. The molecule has 16 heavy (non-hydrogen) atoms. The van der Waals surface area contributed by atoms with Gasteiger partial charge in [0.1, 0.15) is 5.17 Å². The van der Waals surface area contributed by atoms with E-state index >= 15 is 0 Å². The van der Waals surface area contributed by atoms with E-state index in [0.717, 1.165) is 17.0 Å². The average molecular weight is 235 g/mol. The second-order valence-corrected chi connectivity index (χ2v) is 4.58. The third-order valence-corrected chi connectivity index (χ3v) is 3.10. The Morgan fingerprint density at radius 3 is 2.81 bits per heavy atom. The number of imidazole rings is 1. The minimum atomic E-state index is -0.325. The predicted octanol–water partition coefficient (Wildman–Crippen LogP) is 0.855. The molecule has 0 unspecified atom stereocenters. The van der Waals surface area contributed by atoms with E-state index in [2.05, 4.69) is 4.98 Å². The highest BCUT2D eigenvalue weighted by molar-refractivity contribution is 7.79. The van der Waals surface area contributed by atoms with Gasteiger partial charge in [-0.15, -0.1) is 0 Å². The minimum absolute atomic E-state index is 0.0239. The van der Waals surface area contributed by atoms with E-state index in [1.54, 1.807) is 14.1 Å². The molecule has 2 aromatic rings. The molecule has 0 atom stereocenters. The van der Waals surface area contributed by atoms with Crippen LogP contribution in [0.4, 0.5) is 5.69 Å². The molecule has 0 bridgehead atoms. The first kappa shape index (κ1) is 11.0. The topological polar surface area (TPSA) is 40.4 Å². The fraction of sp³-hybridized carbons (Fsp3) is 0.273. The van der Waals surface area contributed by atoms with E-state index in [-0.39, 0.29) is 9.66 Å². The Morgan fingerprint density at radius 2 is 2.19 bits per heavy atom. The number of hydrogen-bond donors (Lipinski definition) is 0. The SMILES string of the molecule is Cc1cn2cccc([N+](C)(C)C([O-])=S)c2n1. The maximum absolute atomic E-state index is 11.5. The van der Waals surface area contributed by atoms with Crippen molar-refractivity contribution in [3.63, 3.8) is 0 Å². The lowest BCUT2D eigenvalue weighted by Crippen LogP contribution is -2.52. The highest BCUT2D eigenvalue weighted by atomic mass is 32.1. The number of nitrogens with zero attached hydrogens (tertiary/aromatic N) is 3. The van der Waals surface area contributed by atoms with Gasteiger partial charge >= 0.3 is 0 Å². The van der Waals surface area contributed by atoms with E-state index < -0.39 is 0 Å². The van der Waals surface area contributed by atoms with Gasteiger partial charge in [0.2, 0.25) is 0 Å². The highest BCUT2D eigenvalue weighted by Gasteiger charge is 2.23. The Kier molecular flexibility index (Phi) is 2.44. The van der Waals surface area contributed by atoms with Crippen LogP contribution in [0, 0.1) is 6.92 Å². The van der Waals surface area contributed by atoms with E-state index in [4.69, 9.17) is 12.2 Å². The Labute approximate surface area is 99.4 Å². The van der Waals surface area contributed by atoms with Crippen LogP contribution in [-0.4, -0.2) is 28.7 Å². The number of rotatable bonds is 1. The normalized spacial score (nSPS) is 11.9.